The molecule has 0 saturated carbocycles. The number of aryl methyl sites for hydroxylation is 1. The number of hydrogen-bond donors (Lipinski definition) is 2. The van der Waals surface area contributed by atoms with E-state index in [1.165, 1.54) is 23.1 Å². The van der Waals surface area contributed by atoms with Gasteiger partial charge in [-0.1, -0.05) is 36.0 Å². The quantitative estimate of drug-likeness (QED) is 0.403. The van der Waals surface area contributed by atoms with Gasteiger partial charge < -0.3 is 5.32 Å². The molecule has 8 nitrogen and oxygen atoms in total. The SMILES string of the molecule is Cc1ccccc1-n1c(SCC(=O)NC(=O)NCc2cccs2)nnc1-c1cccnc1. The van der Waals surface area contributed by atoms with Crippen molar-refractivity contribution in [3.05, 3.63) is 76.7 Å². The first-order valence-electron chi connectivity index (χ1n) is 9.76. The minimum atomic E-state index is -0.527. The highest BCUT2D eigenvalue weighted by Gasteiger charge is 2.19. The summed E-state index contributed by atoms with van der Waals surface area (Å²) in [6, 6.07) is 14.9. The van der Waals surface area contributed by atoms with Crippen molar-refractivity contribution in [1.82, 2.24) is 30.4 Å². The van der Waals surface area contributed by atoms with Crippen LogP contribution in [-0.4, -0.2) is 37.4 Å². The van der Waals surface area contributed by atoms with E-state index in [2.05, 4.69) is 25.8 Å². The molecule has 0 bridgehead atoms. The summed E-state index contributed by atoms with van der Waals surface area (Å²) in [5.41, 5.74) is 2.76. The Kier molecular flexibility index (Phi) is 6.93. The molecular weight excluding hydrogens is 444 g/mol. The van der Waals surface area contributed by atoms with E-state index in [1.54, 1.807) is 12.4 Å². The lowest BCUT2D eigenvalue weighted by Gasteiger charge is -2.12. The van der Waals surface area contributed by atoms with Crippen LogP contribution in [0.4, 0.5) is 4.79 Å². The third kappa shape index (κ3) is 5.21. The van der Waals surface area contributed by atoms with Crippen LogP contribution in [-0.2, 0) is 11.3 Å². The zero-order valence-electron chi connectivity index (χ0n) is 17.2. The predicted octanol–water partition coefficient (Wildman–Crippen LogP) is 3.82. The zero-order valence-corrected chi connectivity index (χ0v) is 18.8. The number of carbonyl (C=O) groups excluding carboxylic acids is 2. The van der Waals surface area contributed by atoms with Gasteiger partial charge in [0, 0.05) is 22.8 Å². The number of thiophene rings is 1. The molecule has 0 unspecified atom stereocenters. The number of hydrogen-bond acceptors (Lipinski definition) is 7. The summed E-state index contributed by atoms with van der Waals surface area (Å²) in [6.45, 7) is 2.38. The molecule has 0 fully saturated rings. The predicted molar refractivity (Wildman–Crippen MR) is 125 cm³/mol. The number of para-hydroxylation sites is 1. The van der Waals surface area contributed by atoms with Crippen LogP contribution in [0.1, 0.15) is 10.4 Å². The number of aromatic nitrogens is 4. The molecule has 10 heteroatoms. The molecule has 0 aliphatic rings. The minimum absolute atomic E-state index is 0.0173. The largest absolute Gasteiger partial charge is 0.333 e. The lowest BCUT2D eigenvalue weighted by molar-refractivity contribution is -0.117. The second-order valence-electron chi connectivity index (χ2n) is 6.77. The Hall–Kier alpha value is -3.50. The van der Waals surface area contributed by atoms with E-state index in [0.29, 0.717) is 17.5 Å². The van der Waals surface area contributed by atoms with Gasteiger partial charge in [0.05, 0.1) is 18.0 Å². The summed E-state index contributed by atoms with van der Waals surface area (Å²) >= 11 is 2.75. The standard InChI is InChI=1S/C22H20N6O2S2/c1-15-6-2-3-9-18(15)28-20(16-7-4-10-23-12-16)26-27-22(28)32-14-19(29)25-21(30)24-13-17-8-5-11-31-17/h2-12H,13-14H2,1H3,(H2,24,25,29,30). The zero-order chi connectivity index (χ0) is 22.3. The number of nitrogens with zero attached hydrogens (tertiary/aromatic N) is 4. The van der Waals surface area contributed by atoms with Crippen molar-refractivity contribution in [2.45, 2.75) is 18.6 Å². The fourth-order valence-corrected chi connectivity index (χ4v) is 4.38. The molecule has 0 radical (unpaired) electrons. The number of carbonyl (C=O) groups is 2. The van der Waals surface area contributed by atoms with E-state index in [-0.39, 0.29) is 5.75 Å². The number of nitrogens with one attached hydrogen (secondary N) is 2. The fraction of sp³-hybridized carbons (Fsp3) is 0.136. The molecule has 0 atom stereocenters. The van der Waals surface area contributed by atoms with Crippen LogP contribution in [0, 0.1) is 6.92 Å². The van der Waals surface area contributed by atoms with E-state index in [4.69, 9.17) is 0 Å². The highest BCUT2D eigenvalue weighted by molar-refractivity contribution is 7.99. The molecule has 0 aliphatic heterocycles. The highest BCUT2D eigenvalue weighted by atomic mass is 32.2. The van der Waals surface area contributed by atoms with Gasteiger partial charge >= 0.3 is 6.03 Å². The Labute approximate surface area is 193 Å². The van der Waals surface area contributed by atoms with E-state index in [1.807, 2.05) is 65.4 Å². The molecule has 3 aromatic heterocycles. The summed E-state index contributed by atoms with van der Waals surface area (Å²) in [6.07, 6.45) is 3.42. The third-order valence-corrected chi connectivity index (χ3v) is 6.30. The maximum atomic E-state index is 12.3. The second-order valence-corrected chi connectivity index (χ2v) is 8.74. The maximum absolute atomic E-state index is 12.3. The first kappa shape index (κ1) is 21.7. The molecule has 2 N–H and O–H groups in total. The number of benzene rings is 1. The van der Waals surface area contributed by atoms with Crippen molar-refractivity contribution in [2.75, 3.05) is 5.75 Å². The van der Waals surface area contributed by atoms with Gasteiger partial charge in [0.1, 0.15) is 0 Å². The van der Waals surface area contributed by atoms with Crippen LogP contribution in [0.2, 0.25) is 0 Å². The van der Waals surface area contributed by atoms with Gasteiger partial charge in [-0.2, -0.15) is 0 Å². The van der Waals surface area contributed by atoms with E-state index >= 15 is 0 Å². The molecule has 0 saturated heterocycles. The van der Waals surface area contributed by atoms with Crippen LogP contribution in [0.25, 0.3) is 17.1 Å². The van der Waals surface area contributed by atoms with Crippen LogP contribution >= 0.6 is 23.1 Å². The van der Waals surface area contributed by atoms with Crippen molar-refractivity contribution in [3.8, 4) is 17.1 Å². The van der Waals surface area contributed by atoms with Crippen molar-refractivity contribution in [3.63, 3.8) is 0 Å². The van der Waals surface area contributed by atoms with Gasteiger partial charge in [-0.05, 0) is 42.1 Å². The topological polar surface area (TPSA) is 102 Å². The van der Waals surface area contributed by atoms with E-state index in [0.717, 1.165) is 21.7 Å². The molecule has 4 aromatic rings. The van der Waals surface area contributed by atoms with Gasteiger partial charge in [-0.15, -0.1) is 21.5 Å². The molecule has 1 aromatic carbocycles. The van der Waals surface area contributed by atoms with Crippen molar-refractivity contribution < 1.29 is 9.59 Å². The molecule has 162 valence electrons. The summed E-state index contributed by atoms with van der Waals surface area (Å²) in [5.74, 6) is 0.230. The van der Waals surface area contributed by atoms with Crippen molar-refractivity contribution >= 4 is 35.0 Å². The van der Waals surface area contributed by atoms with Gasteiger partial charge in [-0.3, -0.25) is 19.7 Å². The Morgan fingerprint density at radius 3 is 2.72 bits per heavy atom. The first-order valence-corrected chi connectivity index (χ1v) is 11.6. The summed E-state index contributed by atoms with van der Waals surface area (Å²) in [7, 11) is 0. The lowest BCUT2D eigenvalue weighted by Crippen LogP contribution is -2.39. The number of amides is 3. The average molecular weight is 465 g/mol. The summed E-state index contributed by atoms with van der Waals surface area (Å²) in [4.78, 5) is 29.5. The summed E-state index contributed by atoms with van der Waals surface area (Å²) in [5, 5.41) is 16.1. The number of rotatable bonds is 7. The van der Waals surface area contributed by atoms with Gasteiger partial charge in [0.25, 0.3) is 0 Å². The number of pyridine rings is 1. The van der Waals surface area contributed by atoms with Gasteiger partial charge in [0.2, 0.25) is 5.91 Å². The van der Waals surface area contributed by atoms with Gasteiger partial charge in [0.15, 0.2) is 11.0 Å². The fourth-order valence-electron chi connectivity index (χ4n) is 2.99. The molecule has 3 heterocycles. The third-order valence-electron chi connectivity index (χ3n) is 4.50. The summed E-state index contributed by atoms with van der Waals surface area (Å²) < 4.78 is 1.90. The van der Waals surface area contributed by atoms with Crippen LogP contribution in [0.3, 0.4) is 0 Å². The lowest BCUT2D eigenvalue weighted by atomic mass is 10.2. The highest BCUT2D eigenvalue weighted by Crippen LogP contribution is 2.29. The van der Waals surface area contributed by atoms with Crippen LogP contribution < -0.4 is 10.6 Å². The number of thioether (sulfide) groups is 1. The smallest absolute Gasteiger partial charge is 0.321 e. The molecular formula is C22H20N6O2S2. The maximum Gasteiger partial charge on any atom is 0.321 e. The minimum Gasteiger partial charge on any atom is -0.333 e. The van der Waals surface area contributed by atoms with Crippen LogP contribution in [0.15, 0.2) is 71.5 Å². The monoisotopic (exact) mass is 464 g/mol. The second kappa shape index (κ2) is 10.2. The Morgan fingerprint density at radius 2 is 1.97 bits per heavy atom. The molecule has 0 aliphatic carbocycles. The molecule has 32 heavy (non-hydrogen) atoms. The van der Waals surface area contributed by atoms with Crippen LogP contribution in [0.5, 0.6) is 0 Å². The first-order chi connectivity index (χ1) is 15.6. The molecule has 3 amide bonds. The number of urea groups is 1. The number of imide groups is 1. The van der Waals surface area contributed by atoms with Crippen molar-refractivity contribution in [1.29, 1.82) is 0 Å². The molecule has 0 spiro atoms. The van der Waals surface area contributed by atoms with Gasteiger partial charge in [-0.25, -0.2) is 4.79 Å². The normalized spacial score (nSPS) is 10.7. The average Bonchev–Trinajstić information content (AvgIpc) is 3.47. The van der Waals surface area contributed by atoms with E-state index < -0.39 is 11.9 Å². The Bertz CT molecular complexity index is 1210. The Morgan fingerprint density at radius 1 is 1.09 bits per heavy atom. The molecule has 4 rings (SSSR count). The Balaban J connectivity index is 1.47. The van der Waals surface area contributed by atoms with Crippen molar-refractivity contribution in [2.24, 2.45) is 0 Å². The van der Waals surface area contributed by atoms with E-state index in [9.17, 15) is 9.59 Å².